The molecule has 1 N–H and O–H groups in total. The molecule has 1 atom stereocenters. The van der Waals surface area contributed by atoms with Crippen LogP contribution in [0.4, 0.5) is 10.5 Å². The molecule has 0 radical (unpaired) electrons. The first-order chi connectivity index (χ1) is 14.9. The molecule has 3 aliphatic heterocycles. The third kappa shape index (κ3) is 5.22. The van der Waals surface area contributed by atoms with Crippen molar-refractivity contribution in [3.8, 4) is 11.5 Å². The highest BCUT2D eigenvalue weighted by molar-refractivity contribution is 5.89. The zero-order valence-electron chi connectivity index (χ0n) is 18.2. The van der Waals surface area contributed by atoms with Crippen molar-refractivity contribution in [2.45, 2.75) is 37.4 Å². The first kappa shape index (κ1) is 21.7. The summed E-state index contributed by atoms with van der Waals surface area (Å²) in [6.07, 6.45) is 3.06. The molecule has 0 saturated carbocycles. The van der Waals surface area contributed by atoms with Crippen LogP contribution in [0.5, 0.6) is 11.5 Å². The van der Waals surface area contributed by atoms with Crippen LogP contribution in [0.3, 0.4) is 0 Å². The maximum Gasteiger partial charge on any atom is 0.321 e. The molecular formula is C22H31N3O6. The van der Waals surface area contributed by atoms with E-state index < -0.39 is 0 Å². The molecule has 9 heteroatoms. The van der Waals surface area contributed by atoms with Gasteiger partial charge < -0.3 is 34.1 Å². The zero-order chi connectivity index (χ0) is 21.8. The number of likely N-dealkylation sites (N-methyl/N-ethyl adjacent to an activating group) is 1. The van der Waals surface area contributed by atoms with E-state index in [4.69, 9.17) is 18.9 Å². The molecule has 31 heavy (non-hydrogen) atoms. The third-order valence-corrected chi connectivity index (χ3v) is 6.14. The Hall–Kier alpha value is -2.52. The summed E-state index contributed by atoms with van der Waals surface area (Å²) in [4.78, 5) is 27.9. The fraction of sp³-hybridized carbons (Fsp3) is 0.636. The summed E-state index contributed by atoms with van der Waals surface area (Å²) < 4.78 is 23.1. The van der Waals surface area contributed by atoms with Gasteiger partial charge in [0.2, 0.25) is 5.91 Å². The SMILES string of the molecule is CN(C)C(=O)COC1CCOC2(CCN(C(=O)Nc3ccc4c(c3)OCCO4)CC2)C1. The van der Waals surface area contributed by atoms with Gasteiger partial charge in [0.25, 0.3) is 0 Å². The Morgan fingerprint density at radius 3 is 2.65 bits per heavy atom. The van der Waals surface area contributed by atoms with Crippen molar-refractivity contribution in [2.75, 3.05) is 58.9 Å². The van der Waals surface area contributed by atoms with Crippen LogP contribution < -0.4 is 14.8 Å². The van der Waals surface area contributed by atoms with E-state index in [2.05, 4.69) is 5.32 Å². The van der Waals surface area contributed by atoms with Crippen LogP contribution in [-0.2, 0) is 14.3 Å². The lowest BCUT2D eigenvalue weighted by molar-refractivity contribution is -0.160. The Kier molecular flexibility index (Phi) is 6.52. The highest BCUT2D eigenvalue weighted by Gasteiger charge is 2.41. The van der Waals surface area contributed by atoms with Gasteiger partial charge in [-0.15, -0.1) is 0 Å². The van der Waals surface area contributed by atoms with Crippen LogP contribution in [0.1, 0.15) is 25.7 Å². The highest BCUT2D eigenvalue weighted by atomic mass is 16.6. The lowest BCUT2D eigenvalue weighted by Gasteiger charge is -2.46. The van der Waals surface area contributed by atoms with Crippen molar-refractivity contribution < 1.29 is 28.5 Å². The number of fused-ring (bicyclic) bond motifs is 1. The van der Waals surface area contributed by atoms with Gasteiger partial charge in [-0.3, -0.25) is 4.79 Å². The number of hydrogen-bond donors (Lipinski definition) is 1. The predicted molar refractivity (Wildman–Crippen MR) is 114 cm³/mol. The monoisotopic (exact) mass is 433 g/mol. The van der Waals surface area contributed by atoms with Crippen molar-refractivity contribution in [1.29, 1.82) is 0 Å². The summed E-state index contributed by atoms with van der Waals surface area (Å²) in [6.45, 7) is 2.97. The van der Waals surface area contributed by atoms with Crippen molar-refractivity contribution in [1.82, 2.24) is 9.80 Å². The molecule has 3 aliphatic rings. The number of nitrogens with one attached hydrogen (secondary N) is 1. The summed E-state index contributed by atoms with van der Waals surface area (Å²) in [5, 5.41) is 2.95. The maximum atomic E-state index is 12.7. The minimum absolute atomic E-state index is 0.00995. The molecule has 3 amide bonds. The number of benzene rings is 1. The summed E-state index contributed by atoms with van der Waals surface area (Å²) in [5.74, 6) is 1.31. The van der Waals surface area contributed by atoms with E-state index >= 15 is 0 Å². The topological polar surface area (TPSA) is 89.6 Å². The molecule has 1 aromatic rings. The number of amides is 3. The summed E-state index contributed by atoms with van der Waals surface area (Å²) >= 11 is 0. The van der Waals surface area contributed by atoms with Gasteiger partial charge in [-0.2, -0.15) is 0 Å². The van der Waals surface area contributed by atoms with E-state index in [1.807, 2.05) is 17.0 Å². The number of ether oxygens (including phenoxy) is 4. The molecule has 4 rings (SSSR count). The number of piperidine rings is 1. The molecule has 1 unspecified atom stereocenters. The average Bonchev–Trinajstić information content (AvgIpc) is 2.78. The molecule has 2 fully saturated rings. The fourth-order valence-electron chi connectivity index (χ4n) is 4.23. The van der Waals surface area contributed by atoms with E-state index in [1.54, 1.807) is 20.2 Å². The Labute approximate surface area is 182 Å². The molecule has 0 bridgehead atoms. The first-order valence-electron chi connectivity index (χ1n) is 10.9. The lowest BCUT2D eigenvalue weighted by Crippen LogP contribution is -2.53. The van der Waals surface area contributed by atoms with E-state index in [0.717, 1.165) is 25.7 Å². The zero-order valence-corrected chi connectivity index (χ0v) is 18.2. The Morgan fingerprint density at radius 1 is 1.16 bits per heavy atom. The van der Waals surface area contributed by atoms with Crippen LogP contribution in [0.25, 0.3) is 0 Å². The van der Waals surface area contributed by atoms with E-state index in [0.29, 0.717) is 50.1 Å². The van der Waals surface area contributed by atoms with Gasteiger partial charge in [0.05, 0.1) is 11.7 Å². The van der Waals surface area contributed by atoms with Gasteiger partial charge >= 0.3 is 6.03 Å². The molecule has 0 aromatic heterocycles. The first-order valence-corrected chi connectivity index (χ1v) is 10.9. The van der Waals surface area contributed by atoms with Crippen LogP contribution in [-0.4, -0.2) is 87.1 Å². The highest BCUT2D eigenvalue weighted by Crippen LogP contribution is 2.37. The number of carbonyl (C=O) groups excluding carboxylic acids is 2. The minimum Gasteiger partial charge on any atom is -0.486 e. The van der Waals surface area contributed by atoms with Gasteiger partial charge in [0, 0.05) is 52.0 Å². The predicted octanol–water partition coefficient (Wildman–Crippen LogP) is 2.11. The second kappa shape index (κ2) is 9.32. The largest absolute Gasteiger partial charge is 0.486 e. The average molecular weight is 434 g/mol. The Morgan fingerprint density at radius 2 is 1.90 bits per heavy atom. The molecule has 2 saturated heterocycles. The van der Waals surface area contributed by atoms with Crippen LogP contribution in [0.15, 0.2) is 18.2 Å². The lowest BCUT2D eigenvalue weighted by atomic mass is 9.83. The molecule has 9 nitrogen and oxygen atoms in total. The van der Waals surface area contributed by atoms with Crippen LogP contribution >= 0.6 is 0 Å². The van der Waals surface area contributed by atoms with E-state index in [1.165, 1.54) is 4.90 Å². The molecular weight excluding hydrogens is 402 g/mol. The maximum absolute atomic E-state index is 12.7. The van der Waals surface area contributed by atoms with Crippen molar-refractivity contribution >= 4 is 17.6 Å². The van der Waals surface area contributed by atoms with Gasteiger partial charge in [0.15, 0.2) is 11.5 Å². The number of anilines is 1. The Bertz CT molecular complexity index is 806. The van der Waals surface area contributed by atoms with Gasteiger partial charge in [-0.1, -0.05) is 0 Å². The molecule has 1 aromatic carbocycles. The number of likely N-dealkylation sites (tertiary alicyclic amines) is 1. The fourth-order valence-corrected chi connectivity index (χ4v) is 4.23. The van der Waals surface area contributed by atoms with Crippen molar-refractivity contribution in [3.05, 3.63) is 18.2 Å². The van der Waals surface area contributed by atoms with Crippen LogP contribution in [0, 0.1) is 0 Å². The van der Waals surface area contributed by atoms with Crippen molar-refractivity contribution in [2.24, 2.45) is 0 Å². The summed E-state index contributed by atoms with van der Waals surface area (Å²) in [6, 6.07) is 5.29. The second-order valence-electron chi connectivity index (χ2n) is 8.52. The minimum atomic E-state index is -0.280. The molecule has 1 spiro atoms. The molecule has 0 aliphatic carbocycles. The standard InChI is InChI=1S/C22H31N3O6/c1-24(2)20(26)15-30-17-5-10-31-22(14-17)6-8-25(9-7-22)21(27)23-16-3-4-18-19(13-16)29-12-11-28-18/h3-4,13,17H,5-12,14-15H2,1-2H3,(H,23,27). The number of urea groups is 1. The van der Waals surface area contributed by atoms with E-state index in [-0.39, 0.29) is 30.3 Å². The van der Waals surface area contributed by atoms with Crippen molar-refractivity contribution in [3.63, 3.8) is 0 Å². The van der Waals surface area contributed by atoms with E-state index in [9.17, 15) is 9.59 Å². The van der Waals surface area contributed by atoms with Gasteiger partial charge in [-0.05, 0) is 31.4 Å². The quantitative estimate of drug-likeness (QED) is 0.782. The molecule has 3 heterocycles. The third-order valence-electron chi connectivity index (χ3n) is 6.14. The Balaban J connectivity index is 1.27. The van der Waals surface area contributed by atoms with Gasteiger partial charge in [0.1, 0.15) is 19.8 Å². The molecule has 170 valence electrons. The number of nitrogens with zero attached hydrogens (tertiary/aromatic N) is 2. The number of carbonyl (C=O) groups is 2. The van der Waals surface area contributed by atoms with Gasteiger partial charge in [-0.25, -0.2) is 4.79 Å². The number of rotatable bonds is 4. The number of hydrogen-bond acceptors (Lipinski definition) is 6. The smallest absolute Gasteiger partial charge is 0.321 e. The second-order valence-corrected chi connectivity index (χ2v) is 8.52. The van der Waals surface area contributed by atoms with Crippen LogP contribution in [0.2, 0.25) is 0 Å². The normalized spacial score (nSPS) is 22.1. The summed E-state index contributed by atoms with van der Waals surface area (Å²) in [5.41, 5.74) is 0.403. The summed E-state index contributed by atoms with van der Waals surface area (Å²) in [7, 11) is 3.45.